The molecule has 0 radical (unpaired) electrons. The van der Waals surface area contributed by atoms with Crippen molar-refractivity contribution in [3.8, 4) is 5.75 Å². The molecular formula is C13H16ClFN2O. The first-order valence-electron chi connectivity index (χ1n) is 6.05. The van der Waals surface area contributed by atoms with Crippen LogP contribution < -0.4 is 10.5 Å². The molecule has 0 bridgehead atoms. The molecule has 1 aromatic rings. The number of hydrogen-bond acceptors (Lipinski definition) is 2. The fourth-order valence-corrected chi connectivity index (χ4v) is 2.12. The lowest BCUT2D eigenvalue weighted by Crippen LogP contribution is -2.14. The van der Waals surface area contributed by atoms with Crippen LogP contribution in [0.1, 0.15) is 25.7 Å². The van der Waals surface area contributed by atoms with Crippen LogP contribution in [0.5, 0.6) is 5.75 Å². The number of aliphatic imine (C=N–C) groups is 1. The van der Waals surface area contributed by atoms with Crippen molar-refractivity contribution in [2.24, 2.45) is 10.7 Å². The number of ether oxygens (including phenoxy) is 1. The van der Waals surface area contributed by atoms with Gasteiger partial charge in [-0.05, 0) is 37.8 Å². The van der Waals surface area contributed by atoms with Crippen molar-refractivity contribution < 1.29 is 9.13 Å². The summed E-state index contributed by atoms with van der Waals surface area (Å²) in [5.74, 6) is 0.126. The second-order valence-corrected chi connectivity index (χ2v) is 4.62. The predicted octanol–water partition coefficient (Wildman–Crippen LogP) is 3.37. The molecule has 98 valence electrons. The van der Waals surface area contributed by atoms with Gasteiger partial charge < -0.3 is 10.5 Å². The van der Waals surface area contributed by atoms with E-state index in [0.29, 0.717) is 5.69 Å². The zero-order chi connectivity index (χ0) is 13.0. The highest BCUT2D eigenvalue weighted by atomic mass is 35.5. The Labute approximate surface area is 111 Å². The molecule has 1 aromatic carbocycles. The molecule has 0 saturated heterocycles. The van der Waals surface area contributed by atoms with Crippen molar-refractivity contribution in [3.63, 3.8) is 0 Å². The summed E-state index contributed by atoms with van der Waals surface area (Å²) >= 11 is 5.57. The van der Waals surface area contributed by atoms with Crippen molar-refractivity contribution >= 4 is 23.1 Å². The second kappa shape index (κ2) is 6.05. The summed E-state index contributed by atoms with van der Waals surface area (Å²) in [5, 5.41) is 0. The van der Waals surface area contributed by atoms with E-state index in [-0.39, 0.29) is 23.6 Å². The largest absolute Gasteiger partial charge is 0.485 e. The molecule has 0 amide bonds. The minimum absolute atomic E-state index is 0.0769. The molecule has 1 fully saturated rings. The van der Waals surface area contributed by atoms with Crippen LogP contribution in [-0.2, 0) is 0 Å². The average molecular weight is 271 g/mol. The lowest BCUT2D eigenvalue weighted by Gasteiger charge is -2.15. The van der Waals surface area contributed by atoms with Crippen LogP contribution in [0.25, 0.3) is 0 Å². The number of halogens is 2. The number of nitrogens with two attached hydrogens (primary N) is 1. The van der Waals surface area contributed by atoms with Gasteiger partial charge in [-0.3, -0.25) is 0 Å². The fourth-order valence-electron chi connectivity index (χ4n) is 2.06. The van der Waals surface area contributed by atoms with Crippen molar-refractivity contribution in [2.45, 2.75) is 31.8 Å². The summed E-state index contributed by atoms with van der Waals surface area (Å²) in [7, 11) is 0. The number of rotatable bonds is 4. The molecule has 18 heavy (non-hydrogen) atoms. The third kappa shape index (κ3) is 3.13. The summed E-state index contributed by atoms with van der Waals surface area (Å²) in [5.41, 5.74) is 5.97. The molecule has 0 aliphatic heterocycles. The maximum Gasteiger partial charge on any atom is 0.180 e. The summed E-state index contributed by atoms with van der Waals surface area (Å²) in [6.45, 7) is 0. The topological polar surface area (TPSA) is 47.6 Å². The Kier molecular flexibility index (Phi) is 4.42. The van der Waals surface area contributed by atoms with E-state index in [9.17, 15) is 4.39 Å². The summed E-state index contributed by atoms with van der Waals surface area (Å²) in [4.78, 5) is 4.08. The van der Waals surface area contributed by atoms with E-state index in [2.05, 4.69) is 4.99 Å². The van der Waals surface area contributed by atoms with Crippen LogP contribution >= 0.6 is 11.6 Å². The van der Waals surface area contributed by atoms with Crippen molar-refractivity contribution in [1.29, 1.82) is 0 Å². The van der Waals surface area contributed by atoms with Crippen LogP contribution in [0, 0.1) is 5.82 Å². The van der Waals surface area contributed by atoms with Gasteiger partial charge in [0.1, 0.15) is 11.5 Å². The minimum Gasteiger partial charge on any atom is -0.485 e. The zero-order valence-electron chi connectivity index (χ0n) is 10.0. The predicted molar refractivity (Wildman–Crippen MR) is 71.3 cm³/mol. The van der Waals surface area contributed by atoms with E-state index < -0.39 is 5.82 Å². The highest BCUT2D eigenvalue weighted by molar-refractivity contribution is 6.28. The van der Waals surface area contributed by atoms with Crippen molar-refractivity contribution in [2.75, 3.05) is 5.88 Å². The molecule has 0 aromatic heterocycles. The molecule has 1 saturated carbocycles. The maximum absolute atomic E-state index is 13.8. The lowest BCUT2D eigenvalue weighted by atomic mass is 10.2. The Hall–Kier alpha value is -1.29. The third-order valence-corrected chi connectivity index (χ3v) is 3.21. The van der Waals surface area contributed by atoms with E-state index in [1.807, 2.05) is 0 Å². The number of hydrogen-bond donors (Lipinski definition) is 1. The number of alkyl halides is 1. The van der Waals surface area contributed by atoms with Crippen molar-refractivity contribution in [3.05, 3.63) is 24.0 Å². The number of amidine groups is 1. The van der Waals surface area contributed by atoms with Gasteiger partial charge in [0.2, 0.25) is 0 Å². The SMILES string of the molecule is NC(CCl)=Nc1cccc(F)c1OC1CCCC1. The van der Waals surface area contributed by atoms with Gasteiger partial charge >= 0.3 is 0 Å². The minimum atomic E-state index is -0.412. The normalized spacial score (nSPS) is 17.1. The van der Waals surface area contributed by atoms with Crippen molar-refractivity contribution in [1.82, 2.24) is 0 Å². The number of para-hydroxylation sites is 1. The Bertz CT molecular complexity index is 445. The van der Waals surface area contributed by atoms with E-state index in [0.717, 1.165) is 25.7 Å². The van der Waals surface area contributed by atoms with E-state index in [1.54, 1.807) is 12.1 Å². The standard InChI is InChI=1S/C13H16ClFN2O/c14-8-12(16)17-11-7-3-6-10(15)13(11)18-9-4-1-2-5-9/h3,6-7,9H,1-2,4-5,8H2,(H2,16,17). The van der Waals surface area contributed by atoms with E-state index in [4.69, 9.17) is 22.1 Å². The first kappa shape index (κ1) is 13.1. The van der Waals surface area contributed by atoms with Gasteiger partial charge in [-0.2, -0.15) is 0 Å². The molecule has 3 nitrogen and oxygen atoms in total. The van der Waals surface area contributed by atoms with Gasteiger partial charge in [0, 0.05) is 0 Å². The Balaban J connectivity index is 2.25. The molecular weight excluding hydrogens is 255 g/mol. The monoisotopic (exact) mass is 270 g/mol. The molecule has 2 rings (SSSR count). The molecule has 0 spiro atoms. The van der Waals surface area contributed by atoms with Crippen LogP contribution in [0.15, 0.2) is 23.2 Å². The second-order valence-electron chi connectivity index (χ2n) is 4.35. The molecule has 5 heteroatoms. The lowest BCUT2D eigenvalue weighted by molar-refractivity contribution is 0.202. The van der Waals surface area contributed by atoms with Gasteiger partial charge in [0.05, 0.1) is 12.0 Å². The molecule has 0 heterocycles. The van der Waals surface area contributed by atoms with E-state index in [1.165, 1.54) is 6.07 Å². The zero-order valence-corrected chi connectivity index (χ0v) is 10.8. The summed E-state index contributed by atoms with van der Waals surface area (Å²) < 4.78 is 19.5. The third-order valence-electron chi connectivity index (χ3n) is 2.93. The first-order chi connectivity index (χ1) is 8.70. The van der Waals surface area contributed by atoms with Gasteiger partial charge in [-0.25, -0.2) is 9.38 Å². The Morgan fingerprint density at radius 2 is 2.17 bits per heavy atom. The highest BCUT2D eigenvalue weighted by Crippen LogP contribution is 2.34. The highest BCUT2D eigenvalue weighted by Gasteiger charge is 2.20. The smallest absolute Gasteiger partial charge is 0.180 e. The van der Waals surface area contributed by atoms with Gasteiger partial charge in [-0.1, -0.05) is 6.07 Å². The molecule has 0 atom stereocenters. The van der Waals surface area contributed by atoms with Crippen LogP contribution in [0.3, 0.4) is 0 Å². The average Bonchev–Trinajstić information content (AvgIpc) is 2.86. The molecule has 2 N–H and O–H groups in total. The van der Waals surface area contributed by atoms with Gasteiger partial charge in [0.15, 0.2) is 11.6 Å². The molecule has 1 aliphatic carbocycles. The number of benzene rings is 1. The van der Waals surface area contributed by atoms with Gasteiger partial charge in [0.25, 0.3) is 0 Å². The summed E-state index contributed by atoms with van der Waals surface area (Å²) in [6, 6.07) is 4.62. The fraction of sp³-hybridized carbons (Fsp3) is 0.462. The number of nitrogens with zero attached hydrogens (tertiary/aromatic N) is 1. The molecule has 0 unspecified atom stereocenters. The maximum atomic E-state index is 13.8. The van der Waals surface area contributed by atoms with Gasteiger partial charge in [-0.15, -0.1) is 11.6 Å². The first-order valence-corrected chi connectivity index (χ1v) is 6.58. The Morgan fingerprint density at radius 1 is 1.44 bits per heavy atom. The Morgan fingerprint density at radius 3 is 2.83 bits per heavy atom. The van der Waals surface area contributed by atoms with Crippen LogP contribution in [0.2, 0.25) is 0 Å². The van der Waals surface area contributed by atoms with Crippen LogP contribution in [0.4, 0.5) is 10.1 Å². The van der Waals surface area contributed by atoms with Crippen LogP contribution in [-0.4, -0.2) is 17.8 Å². The van der Waals surface area contributed by atoms with E-state index >= 15 is 0 Å². The quantitative estimate of drug-likeness (QED) is 0.518. The summed E-state index contributed by atoms with van der Waals surface area (Å²) in [6.07, 6.45) is 4.25. The molecule has 1 aliphatic rings.